The van der Waals surface area contributed by atoms with E-state index in [2.05, 4.69) is 34.3 Å². The largest absolute Gasteiger partial charge is 0.0999 e. The van der Waals surface area contributed by atoms with Crippen LogP contribution in [0.25, 0.3) is 0 Å². The first-order valence-corrected chi connectivity index (χ1v) is 4.78. The van der Waals surface area contributed by atoms with Crippen molar-refractivity contribution in [2.24, 2.45) is 11.8 Å². The second-order valence-electron chi connectivity index (χ2n) is 3.63. The van der Waals surface area contributed by atoms with Crippen molar-refractivity contribution in [3.05, 3.63) is 12.2 Å². The van der Waals surface area contributed by atoms with E-state index in [1.165, 1.54) is 24.8 Å². The zero-order chi connectivity index (χ0) is 8.85. The minimum atomic E-state index is 0.745. The molecule has 0 aromatic rings. The monoisotopic (exact) mass is 154 g/mol. The summed E-state index contributed by atoms with van der Waals surface area (Å²) in [5.74, 6) is 1.57. The number of hydrogen-bond donors (Lipinski definition) is 0. The van der Waals surface area contributed by atoms with E-state index >= 15 is 0 Å². The maximum absolute atomic E-state index is 4.03. The van der Waals surface area contributed by atoms with Gasteiger partial charge in [0, 0.05) is 0 Å². The summed E-state index contributed by atoms with van der Waals surface area (Å²) < 4.78 is 0. The van der Waals surface area contributed by atoms with Gasteiger partial charge in [-0.25, -0.2) is 0 Å². The molecule has 11 heavy (non-hydrogen) atoms. The Bertz CT molecular complexity index is 113. The fourth-order valence-electron chi connectivity index (χ4n) is 1.89. The van der Waals surface area contributed by atoms with Gasteiger partial charge in [-0.05, 0) is 25.2 Å². The summed E-state index contributed by atoms with van der Waals surface area (Å²) in [6, 6.07) is 0. The van der Waals surface area contributed by atoms with Gasteiger partial charge in [0.2, 0.25) is 0 Å². The average Bonchev–Trinajstić information content (AvgIpc) is 1.88. The van der Waals surface area contributed by atoms with Gasteiger partial charge in [-0.1, -0.05) is 45.8 Å². The molecule has 0 heterocycles. The maximum Gasteiger partial charge on any atom is -0.0186 e. The topological polar surface area (TPSA) is 0 Å². The van der Waals surface area contributed by atoms with Crippen LogP contribution in [-0.2, 0) is 0 Å². The lowest BCUT2D eigenvalue weighted by atomic mass is 9.84. The highest BCUT2D eigenvalue weighted by Crippen LogP contribution is 2.25. The summed E-state index contributed by atoms with van der Waals surface area (Å²) >= 11 is 0. The van der Waals surface area contributed by atoms with Gasteiger partial charge < -0.3 is 0 Å². The zero-order valence-corrected chi connectivity index (χ0v) is 8.48. The summed E-state index contributed by atoms with van der Waals surface area (Å²) in [7, 11) is 0. The van der Waals surface area contributed by atoms with Crippen LogP contribution in [0.4, 0.5) is 0 Å². The minimum Gasteiger partial charge on any atom is -0.0999 e. The van der Waals surface area contributed by atoms with Gasteiger partial charge in [-0.3, -0.25) is 0 Å². The molecule has 0 bridgehead atoms. The van der Waals surface area contributed by atoms with E-state index < -0.39 is 0 Å². The first-order valence-electron chi connectivity index (χ1n) is 4.78. The molecule has 0 nitrogen and oxygen atoms in total. The molecule has 0 N–H and O–H groups in total. The Kier molecular flexibility index (Phi) is 5.27. The van der Waals surface area contributed by atoms with Gasteiger partial charge in [0.15, 0.2) is 0 Å². The van der Waals surface area contributed by atoms with E-state index in [9.17, 15) is 0 Å². The predicted molar refractivity (Wildman–Crippen MR) is 52.7 cm³/mol. The Hall–Kier alpha value is -0.260. The zero-order valence-electron chi connectivity index (χ0n) is 8.48. The highest BCUT2D eigenvalue weighted by atomic mass is 14.2. The molecule has 0 aromatic carbocycles. The lowest BCUT2D eigenvalue weighted by Crippen LogP contribution is -2.11. The summed E-state index contributed by atoms with van der Waals surface area (Å²) in [5.41, 5.74) is 1.36. The van der Waals surface area contributed by atoms with Gasteiger partial charge in [0.25, 0.3) is 0 Å². The van der Waals surface area contributed by atoms with Crippen LogP contribution in [0.15, 0.2) is 12.2 Å². The third-order valence-corrected chi connectivity index (χ3v) is 2.50. The molecule has 0 fully saturated rings. The van der Waals surface area contributed by atoms with Crippen LogP contribution in [0.1, 0.15) is 47.0 Å². The standard InChI is InChI=1S/C11H22/c1-6-8-10(5)11(7-2)9(3)4/h10-11H,3,6-8H2,1-2,4-5H3. The molecule has 0 spiro atoms. The van der Waals surface area contributed by atoms with Crippen molar-refractivity contribution in [2.45, 2.75) is 47.0 Å². The van der Waals surface area contributed by atoms with Crippen molar-refractivity contribution in [3.63, 3.8) is 0 Å². The molecule has 0 radical (unpaired) electrons. The Balaban J connectivity index is 3.91. The van der Waals surface area contributed by atoms with Gasteiger partial charge in [0.1, 0.15) is 0 Å². The van der Waals surface area contributed by atoms with Crippen LogP contribution in [0.5, 0.6) is 0 Å². The first-order chi connectivity index (χ1) is 5.13. The van der Waals surface area contributed by atoms with Crippen LogP contribution in [0, 0.1) is 11.8 Å². The van der Waals surface area contributed by atoms with E-state index in [1.807, 2.05) is 0 Å². The average molecular weight is 154 g/mol. The lowest BCUT2D eigenvalue weighted by Gasteiger charge is -2.22. The minimum absolute atomic E-state index is 0.745. The fourth-order valence-corrected chi connectivity index (χ4v) is 1.89. The number of hydrogen-bond acceptors (Lipinski definition) is 0. The molecule has 0 saturated heterocycles. The van der Waals surface area contributed by atoms with E-state index in [-0.39, 0.29) is 0 Å². The number of allylic oxidation sites excluding steroid dienone is 1. The molecule has 0 rings (SSSR count). The highest BCUT2D eigenvalue weighted by Gasteiger charge is 2.14. The quantitative estimate of drug-likeness (QED) is 0.524. The normalized spacial score (nSPS) is 16.0. The summed E-state index contributed by atoms with van der Waals surface area (Å²) in [5, 5.41) is 0. The Morgan fingerprint density at radius 3 is 2.18 bits per heavy atom. The predicted octanol–water partition coefficient (Wildman–Crippen LogP) is 4.02. The highest BCUT2D eigenvalue weighted by molar-refractivity contribution is 4.97. The van der Waals surface area contributed by atoms with Crippen LogP contribution in [0.2, 0.25) is 0 Å². The fraction of sp³-hybridized carbons (Fsp3) is 0.818. The molecule has 0 aliphatic heterocycles. The Morgan fingerprint density at radius 1 is 1.36 bits per heavy atom. The summed E-state index contributed by atoms with van der Waals surface area (Å²) in [6.45, 7) is 13.0. The molecule has 0 aliphatic rings. The van der Waals surface area contributed by atoms with E-state index in [0.29, 0.717) is 0 Å². The molecular formula is C11H22. The smallest absolute Gasteiger partial charge is 0.0186 e. The van der Waals surface area contributed by atoms with Crippen molar-refractivity contribution in [3.8, 4) is 0 Å². The third kappa shape index (κ3) is 3.60. The Labute approximate surface area is 71.7 Å². The van der Waals surface area contributed by atoms with E-state index in [1.54, 1.807) is 0 Å². The van der Waals surface area contributed by atoms with Crippen LogP contribution >= 0.6 is 0 Å². The lowest BCUT2D eigenvalue weighted by molar-refractivity contribution is 0.372. The van der Waals surface area contributed by atoms with Crippen molar-refractivity contribution in [2.75, 3.05) is 0 Å². The SMILES string of the molecule is C=C(C)C(CC)C(C)CCC. The molecule has 2 unspecified atom stereocenters. The van der Waals surface area contributed by atoms with Crippen molar-refractivity contribution in [1.29, 1.82) is 0 Å². The molecule has 66 valence electrons. The molecular weight excluding hydrogens is 132 g/mol. The first kappa shape index (κ1) is 10.7. The van der Waals surface area contributed by atoms with Crippen molar-refractivity contribution < 1.29 is 0 Å². The second-order valence-corrected chi connectivity index (χ2v) is 3.63. The third-order valence-electron chi connectivity index (χ3n) is 2.50. The van der Waals surface area contributed by atoms with Gasteiger partial charge in [-0.15, -0.1) is 0 Å². The van der Waals surface area contributed by atoms with Crippen molar-refractivity contribution in [1.82, 2.24) is 0 Å². The second kappa shape index (κ2) is 5.40. The van der Waals surface area contributed by atoms with Crippen LogP contribution in [-0.4, -0.2) is 0 Å². The van der Waals surface area contributed by atoms with E-state index in [4.69, 9.17) is 0 Å². The van der Waals surface area contributed by atoms with Gasteiger partial charge >= 0.3 is 0 Å². The summed E-state index contributed by atoms with van der Waals surface area (Å²) in [4.78, 5) is 0. The molecule has 0 aromatic heterocycles. The summed E-state index contributed by atoms with van der Waals surface area (Å²) in [6.07, 6.45) is 3.88. The van der Waals surface area contributed by atoms with Crippen LogP contribution in [0.3, 0.4) is 0 Å². The molecule has 2 atom stereocenters. The molecule has 0 heteroatoms. The maximum atomic E-state index is 4.03. The molecule has 0 amide bonds. The van der Waals surface area contributed by atoms with E-state index in [0.717, 1.165) is 11.8 Å². The molecule has 0 saturated carbocycles. The van der Waals surface area contributed by atoms with Crippen molar-refractivity contribution >= 4 is 0 Å². The Morgan fingerprint density at radius 2 is 1.91 bits per heavy atom. The number of rotatable bonds is 5. The van der Waals surface area contributed by atoms with Gasteiger partial charge in [0.05, 0.1) is 0 Å². The van der Waals surface area contributed by atoms with Crippen LogP contribution < -0.4 is 0 Å². The van der Waals surface area contributed by atoms with Gasteiger partial charge in [-0.2, -0.15) is 0 Å². The molecule has 0 aliphatic carbocycles.